The number of ether oxygens (including phenoxy) is 1. The highest BCUT2D eigenvalue weighted by Crippen LogP contribution is 2.23. The van der Waals surface area contributed by atoms with E-state index in [1.807, 2.05) is 19.1 Å². The minimum absolute atomic E-state index is 0.0453. The summed E-state index contributed by atoms with van der Waals surface area (Å²) in [5, 5.41) is 3.56. The molecule has 1 aliphatic rings. The van der Waals surface area contributed by atoms with Gasteiger partial charge in [-0.1, -0.05) is 11.6 Å². The lowest BCUT2D eigenvalue weighted by atomic mass is 10.1. The van der Waals surface area contributed by atoms with E-state index in [-0.39, 0.29) is 17.9 Å². The summed E-state index contributed by atoms with van der Waals surface area (Å²) in [6, 6.07) is 5.16. The first-order chi connectivity index (χ1) is 11.0. The van der Waals surface area contributed by atoms with Crippen LogP contribution in [0.5, 0.6) is 5.75 Å². The van der Waals surface area contributed by atoms with Gasteiger partial charge in [0, 0.05) is 25.0 Å². The monoisotopic (exact) mass is 338 g/mol. The van der Waals surface area contributed by atoms with Gasteiger partial charge in [-0.15, -0.1) is 0 Å². The Bertz CT molecular complexity index is 577. The molecule has 0 saturated carbocycles. The number of rotatable bonds is 6. The van der Waals surface area contributed by atoms with E-state index >= 15 is 0 Å². The highest BCUT2D eigenvalue weighted by molar-refractivity contribution is 6.30. The summed E-state index contributed by atoms with van der Waals surface area (Å²) < 4.78 is 5.57. The molecule has 6 heteroatoms. The van der Waals surface area contributed by atoms with Crippen molar-refractivity contribution in [2.75, 3.05) is 19.7 Å². The van der Waals surface area contributed by atoms with E-state index in [9.17, 15) is 9.59 Å². The van der Waals surface area contributed by atoms with Crippen LogP contribution >= 0.6 is 11.6 Å². The third-order valence-corrected chi connectivity index (χ3v) is 4.21. The van der Waals surface area contributed by atoms with Crippen LogP contribution in [-0.2, 0) is 16.0 Å². The molecule has 1 atom stereocenters. The fourth-order valence-corrected chi connectivity index (χ4v) is 3.09. The number of amides is 2. The van der Waals surface area contributed by atoms with Crippen molar-refractivity contribution in [3.05, 3.63) is 28.8 Å². The zero-order valence-electron chi connectivity index (χ0n) is 13.6. The Labute approximate surface area is 141 Å². The molecule has 0 aromatic heterocycles. The molecule has 0 unspecified atom stereocenters. The molecule has 0 bridgehead atoms. The number of halogens is 1. The number of hydrogen-bond donors (Lipinski definition) is 1. The van der Waals surface area contributed by atoms with Gasteiger partial charge in [0.1, 0.15) is 11.8 Å². The van der Waals surface area contributed by atoms with Crippen LogP contribution in [-0.4, -0.2) is 42.5 Å². The minimum Gasteiger partial charge on any atom is -0.494 e. The largest absolute Gasteiger partial charge is 0.494 e. The van der Waals surface area contributed by atoms with Crippen LogP contribution in [0.1, 0.15) is 32.3 Å². The van der Waals surface area contributed by atoms with E-state index in [0.717, 1.165) is 24.2 Å². The molecule has 1 N–H and O–H groups in total. The Morgan fingerprint density at radius 1 is 1.43 bits per heavy atom. The molecule has 126 valence electrons. The Hall–Kier alpha value is -1.75. The second-order valence-electron chi connectivity index (χ2n) is 5.60. The van der Waals surface area contributed by atoms with E-state index in [4.69, 9.17) is 16.3 Å². The number of likely N-dealkylation sites (tertiary alicyclic amines) is 1. The molecule has 1 heterocycles. The molecular weight excluding hydrogens is 316 g/mol. The molecule has 1 aliphatic heterocycles. The quantitative estimate of drug-likeness (QED) is 0.866. The number of benzene rings is 1. The van der Waals surface area contributed by atoms with Gasteiger partial charge in [-0.2, -0.15) is 0 Å². The van der Waals surface area contributed by atoms with Crippen molar-refractivity contribution in [2.45, 2.75) is 39.2 Å². The summed E-state index contributed by atoms with van der Waals surface area (Å²) in [5.41, 5.74) is 0.967. The van der Waals surface area contributed by atoms with Crippen molar-refractivity contribution in [1.82, 2.24) is 10.2 Å². The smallest absolute Gasteiger partial charge is 0.242 e. The van der Waals surface area contributed by atoms with Crippen LogP contribution in [0.3, 0.4) is 0 Å². The molecule has 5 nitrogen and oxygen atoms in total. The number of carbonyl (C=O) groups is 2. The van der Waals surface area contributed by atoms with Gasteiger partial charge in [0.15, 0.2) is 0 Å². The lowest BCUT2D eigenvalue weighted by molar-refractivity contribution is -0.136. The molecule has 1 aromatic carbocycles. The maximum atomic E-state index is 12.3. The highest BCUT2D eigenvalue weighted by Gasteiger charge is 2.31. The maximum absolute atomic E-state index is 12.3. The average molecular weight is 339 g/mol. The Balaban J connectivity index is 1.91. The lowest BCUT2D eigenvalue weighted by Gasteiger charge is -2.22. The number of carbonyl (C=O) groups excluding carboxylic acids is 2. The summed E-state index contributed by atoms with van der Waals surface area (Å²) in [7, 11) is 0. The Kier molecular flexibility index (Phi) is 6.28. The van der Waals surface area contributed by atoms with Crippen molar-refractivity contribution >= 4 is 23.4 Å². The van der Waals surface area contributed by atoms with E-state index in [2.05, 4.69) is 5.32 Å². The van der Waals surface area contributed by atoms with Crippen LogP contribution in [0.25, 0.3) is 0 Å². The first kappa shape index (κ1) is 17.6. The van der Waals surface area contributed by atoms with Crippen LogP contribution < -0.4 is 10.1 Å². The van der Waals surface area contributed by atoms with Gasteiger partial charge in [0.05, 0.1) is 6.61 Å². The second kappa shape index (κ2) is 8.20. The van der Waals surface area contributed by atoms with E-state index in [1.54, 1.807) is 11.0 Å². The van der Waals surface area contributed by atoms with Gasteiger partial charge >= 0.3 is 0 Å². The van der Waals surface area contributed by atoms with Crippen molar-refractivity contribution in [3.8, 4) is 5.75 Å². The van der Waals surface area contributed by atoms with Gasteiger partial charge < -0.3 is 15.0 Å². The minimum atomic E-state index is -0.335. The van der Waals surface area contributed by atoms with Crippen molar-refractivity contribution in [2.24, 2.45) is 0 Å². The second-order valence-corrected chi connectivity index (χ2v) is 6.03. The molecular formula is C17H23ClN2O3. The lowest BCUT2D eigenvalue weighted by Crippen LogP contribution is -2.45. The molecule has 0 aliphatic carbocycles. The molecule has 1 saturated heterocycles. The number of hydrogen-bond acceptors (Lipinski definition) is 3. The third-order valence-electron chi connectivity index (χ3n) is 3.98. The third kappa shape index (κ3) is 4.61. The van der Waals surface area contributed by atoms with Crippen LogP contribution in [0, 0.1) is 0 Å². The molecule has 0 radical (unpaired) electrons. The van der Waals surface area contributed by atoms with Gasteiger partial charge in [0.2, 0.25) is 11.8 Å². The normalized spacial score (nSPS) is 17.2. The van der Waals surface area contributed by atoms with Crippen LogP contribution in [0.2, 0.25) is 5.02 Å². The standard InChI is InChI=1S/C17H23ClN2O3/c1-3-23-16-7-6-14(18)11-13(16)8-9-19-17(22)15-5-4-10-20(15)12(2)21/h6-7,11,15H,3-5,8-10H2,1-2H3,(H,19,22)/t15-/m0/s1. The van der Waals surface area contributed by atoms with Crippen LogP contribution in [0.4, 0.5) is 0 Å². The summed E-state index contributed by atoms with van der Waals surface area (Å²) >= 11 is 6.03. The average Bonchev–Trinajstić information content (AvgIpc) is 3.00. The van der Waals surface area contributed by atoms with Crippen molar-refractivity contribution in [3.63, 3.8) is 0 Å². The molecule has 2 amide bonds. The first-order valence-electron chi connectivity index (χ1n) is 7.99. The molecule has 1 aromatic rings. The molecule has 23 heavy (non-hydrogen) atoms. The highest BCUT2D eigenvalue weighted by atomic mass is 35.5. The topological polar surface area (TPSA) is 58.6 Å². The number of nitrogens with one attached hydrogen (secondary N) is 1. The van der Waals surface area contributed by atoms with Crippen LogP contribution in [0.15, 0.2) is 18.2 Å². The fourth-order valence-electron chi connectivity index (χ4n) is 2.89. The predicted octanol–water partition coefficient (Wildman–Crippen LogP) is 2.41. The van der Waals surface area contributed by atoms with Gasteiger partial charge in [-0.3, -0.25) is 9.59 Å². The Morgan fingerprint density at radius 3 is 2.91 bits per heavy atom. The predicted molar refractivity (Wildman–Crippen MR) is 89.7 cm³/mol. The summed E-state index contributed by atoms with van der Waals surface area (Å²) in [6.45, 7) is 5.16. The molecule has 2 rings (SSSR count). The van der Waals surface area contributed by atoms with Gasteiger partial charge in [-0.25, -0.2) is 0 Å². The zero-order chi connectivity index (χ0) is 16.8. The van der Waals surface area contributed by atoms with E-state index in [1.165, 1.54) is 6.92 Å². The van der Waals surface area contributed by atoms with Gasteiger partial charge in [-0.05, 0) is 49.9 Å². The summed E-state index contributed by atoms with van der Waals surface area (Å²) in [4.78, 5) is 25.4. The van der Waals surface area contributed by atoms with Crippen molar-refractivity contribution in [1.29, 1.82) is 0 Å². The van der Waals surface area contributed by atoms with E-state index < -0.39 is 0 Å². The van der Waals surface area contributed by atoms with Crippen molar-refractivity contribution < 1.29 is 14.3 Å². The summed E-state index contributed by atoms with van der Waals surface area (Å²) in [5.74, 6) is 0.659. The fraction of sp³-hybridized carbons (Fsp3) is 0.529. The maximum Gasteiger partial charge on any atom is 0.242 e. The SMILES string of the molecule is CCOc1ccc(Cl)cc1CCNC(=O)[C@@H]1CCCN1C(C)=O. The Morgan fingerprint density at radius 2 is 2.22 bits per heavy atom. The first-order valence-corrected chi connectivity index (χ1v) is 8.37. The zero-order valence-corrected chi connectivity index (χ0v) is 14.4. The molecule has 1 fully saturated rings. The van der Waals surface area contributed by atoms with E-state index in [0.29, 0.717) is 31.1 Å². The molecule has 0 spiro atoms. The van der Waals surface area contributed by atoms with Gasteiger partial charge in [0.25, 0.3) is 0 Å². The number of nitrogens with zero attached hydrogens (tertiary/aromatic N) is 1. The summed E-state index contributed by atoms with van der Waals surface area (Å²) in [6.07, 6.45) is 2.24.